The number of amides is 1. The molecule has 0 aliphatic heterocycles. The molecule has 0 aromatic heterocycles. The third-order valence-electron chi connectivity index (χ3n) is 3.35. The van der Waals surface area contributed by atoms with Crippen LogP contribution in [0.2, 0.25) is 0 Å². The average molecular weight is 364 g/mol. The molecule has 8 heteroatoms. The van der Waals surface area contributed by atoms with Gasteiger partial charge in [0, 0.05) is 6.54 Å². The van der Waals surface area contributed by atoms with Gasteiger partial charge in [-0.15, -0.1) is 0 Å². The predicted molar refractivity (Wildman–Crippen MR) is 91.8 cm³/mol. The number of benzene rings is 2. The van der Waals surface area contributed by atoms with Crippen LogP contribution < -0.4 is 14.9 Å². The van der Waals surface area contributed by atoms with E-state index < -0.39 is 15.9 Å². The molecule has 134 valence electrons. The van der Waals surface area contributed by atoms with Gasteiger partial charge in [0.1, 0.15) is 5.75 Å². The van der Waals surface area contributed by atoms with Crippen LogP contribution in [-0.2, 0) is 21.2 Å². The number of carbonyl (C=O) groups excluding carboxylic acids is 1. The van der Waals surface area contributed by atoms with Gasteiger partial charge in [0.25, 0.3) is 0 Å². The summed E-state index contributed by atoms with van der Waals surface area (Å²) in [5.74, 6) is 0.137. The molecular weight excluding hydrogens is 344 g/mol. The second-order valence-electron chi connectivity index (χ2n) is 5.27. The Morgan fingerprint density at radius 3 is 2.36 bits per heavy atom. The molecule has 0 spiro atoms. The molecule has 2 aromatic rings. The number of hydrogen-bond donors (Lipinski definition) is 3. The SMILES string of the molecule is O=C(Cc1ccc(OCCCNS(=O)(=O)c2ccccc2)cc1)NO. The van der Waals surface area contributed by atoms with Gasteiger partial charge in [-0.3, -0.25) is 10.0 Å². The highest BCUT2D eigenvalue weighted by Crippen LogP contribution is 2.13. The third kappa shape index (κ3) is 6.18. The Kier molecular flexibility index (Phi) is 6.93. The first-order chi connectivity index (χ1) is 12.0. The quantitative estimate of drug-likeness (QED) is 0.355. The van der Waals surface area contributed by atoms with Crippen molar-refractivity contribution < 1.29 is 23.2 Å². The molecule has 0 heterocycles. The highest BCUT2D eigenvalue weighted by Gasteiger charge is 2.11. The minimum Gasteiger partial charge on any atom is -0.494 e. The van der Waals surface area contributed by atoms with E-state index in [1.54, 1.807) is 47.9 Å². The Bertz CT molecular complexity index is 776. The molecule has 2 aromatic carbocycles. The van der Waals surface area contributed by atoms with Crippen molar-refractivity contribution in [2.24, 2.45) is 0 Å². The predicted octanol–water partition coefficient (Wildman–Crippen LogP) is 1.48. The number of carbonyl (C=O) groups is 1. The molecule has 0 saturated carbocycles. The summed E-state index contributed by atoms with van der Waals surface area (Å²) < 4.78 is 32.1. The van der Waals surface area contributed by atoms with Gasteiger partial charge in [0.15, 0.2) is 0 Å². The fourth-order valence-corrected chi connectivity index (χ4v) is 3.18. The van der Waals surface area contributed by atoms with E-state index in [-0.39, 0.29) is 17.9 Å². The van der Waals surface area contributed by atoms with Crippen molar-refractivity contribution in [2.75, 3.05) is 13.2 Å². The normalized spacial score (nSPS) is 11.1. The largest absolute Gasteiger partial charge is 0.494 e. The maximum absolute atomic E-state index is 12.0. The second-order valence-corrected chi connectivity index (χ2v) is 7.04. The molecular formula is C17H20N2O5S. The summed E-state index contributed by atoms with van der Waals surface area (Å²) in [7, 11) is -3.49. The van der Waals surface area contributed by atoms with Crippen molar-refractivity contribution in [3.63, 3.8) is 0 Å². The lowest BCUT2D eigenvalue weighted by molar-refractivity contribution is -0.128. The summed E-state index contributed by atoms with van der Waals surface area (Å²) in [5.41, 5.74) is 2.32. The van der Waals surface area contributed by atoms with Crippen molar-refractivity contribution in [1.82, 2.24) is 10.2 Å². The van der Waals surface area contributed by atoms with E-state index in [2.05, 4.69) is 4.72 Å². The smallest absolute Gasteiger partial charge is 0.247 e. The highest BCUT2D eigenvalue weighted by molar-refractivity contribution is 7.89. The second kappa shape index (κ2) is 9.16. The van der Waals surface area contributed by atoms with Crippen molar-refractivity contribution in [3.8, 4) is 5.75 Å². The fraction of sp³-hybridized carbons (Fsp3) is 0.235. The standard InChI is InChI=1S/C17H20N2O5S/c20-17(19-21)13-14-7-9-15(10-8-14)24-12-4-11-18-25(22,23)16-5-2-1-3-6-16/h1-3,5-10,18,21H,4,11-13H2,(H,19,20). The molecule has 0 aliphatic carbocycles. The Balaban J connectivity index is 1.72. The number of rotatable bonds is 9. The maximum atomic E-state index is 12.0. The summed E-state index contributed by atoms with van der Waals surface area (Å²) in [6.45, 7) is 0.625. The molecule has 2 rings (SSSR count). The number of ether oxygens (including phenoxy) is 1. The molecule has 0 atom stereocenters. The summed E-state index contributed by atoms with van der Waals surface area (Å²) in [4.78, 5) is 11.3. The van der Waals surface area contributed by atoms with Gasteiger partial charge < -0.3 is 4.74 Å². The van der Waals surface area contributed by atoms with Gasteiger partial charge >= 0.3 is 0 Å². The Labute approximate surface area is 146 Å². The Morgan fingerprint density at radius 2 is 1.72 bits per heavy atom. The van der Waals surface area contributed by atoms with Crippen LogP contribution in [0.25, 0.3) is 0 Å². The van der Waals surface area contributed by atoms with Gasteiger partial charge in [-0.2, -0.15) is 0 Å². The first-order valence-corrected chi connectivity index (χ1v) is 9.19. The van der Waals surface area contributed by atoms with Crippen LogP contribution in [0.5, 0.6) is 5.75 Å². The van der Waals surface area contributed by atoms with Crippen LogP contribution in [0.1, 0.15) is 12.0 Å². The van der Waals surface area contributed by atoms with Gasteiger partial charge in [0.05, 0.1) is 17.9 Å². The lowest BCUT2D eigenvalue weighted by atomic mass is 10.1. The lowest BCUT2D eigenvalue weighted by Gasteiger charge is -2.09. The summed E-state index contributed by atoms with van der Waals surface area (Å²) in [5, 5.41) is 8.47. The van der Waals surface area contributed by atoms with E-state index in [9.17, 15) is 13.2 Å². The van der Waals surface area contributed by atoms with E-state index in [1.807, 2.05) is 0 Å². The van der Waals surface area contributed by atoms with Gasteiger partial charge in [-0.1, -0.05) is 30.3 Å². The van der Waals surface area contributed by atoms with Crippen molar-refractivity contribution in [2.45, 2.75) is 17.7 Å². The van der Waals surface area contributed by atoms with Crippen molar-refractivity contribution in [3.05, 3.63) is 60.2 Å². The molecule has 0 unspecified atom stereocenters. The number of sulfonamides is 1. The van der Waals surface area contributed by atoms with E-state index in [0.717, 1.165) is 5.56 Å². The molecule has 3 N–H and O–H groups in total. The third-order valence-corrected chi connectivity index (χ3v) is 4.83. The van der Waals surface area contributed by atoms with Gasteiger partial charge in [-0.25, -0.2) is 18.6 Å². The number of hydroxylamine groups is 1. The number of nitrogens with one attached hydrogen (secondary N) is 2. The van der Waals surface area contributed by atoms with Crippen LogP contribution in [0.3, 0.4) is 0 Å². The fourth-order valence-electron chi connectivity index (χ4n) is 2.08. The average Bonchev–Trinajstić information content (AvgIpc) is 2.63. The van der Waals surface area contributed by atoms with Crippen LogP contribution >= 0.6 is 0 Å². The van der Waals surface area contributed by atoms with Crippen LogP contribution in [0.15, 0.2) is 59.5 Å². The minimum absolute atomic E-state index is 0.0814. The summed E-state index contributed by atoms with van der Waals surface area (Å²) in [6, 6.07) is 15.1. The maximum Gasteiger partial charge on any atom is 0.247 e. The van der Waals surface area contributed by atoms with Crippen molar-refractivity contribution >= 4 is 15.9 Å². The monoisotopic (exact) mass is 364 g/mol. The van der Waals surface area contributed by atoms with E-state index >= 15 is 0 Å². The molecule has 0 aliphatic rings. The highest BCUT2D eigenvalue weighted by atomic mass is 32.2. The molecule has 7 nitrogen and oxygen atoms in total. The Morgan fingerprint density at radius 1 is 1.04 bits per heavy atom. The van der Waals surface area contributed by atoms with E-state index in [4.69, 9.17) is 9.94 Å². The van der Waals surface area contributed by atoms with Crippen LogP contribution in [0, 0.1) is 0 Å². The molecule has 0 radical (unpaired) electrons. The zero-order valence-corrected chi connectivity index (χ0v) is 14.3. The molecule has 0 bridgehead atoms. The lowest BCUT2D eigenvalue weighted by Crippen LogP contribution is -2.25. The zero-order chi connectivity index (χ0) is 18.1. The summed E-state index contributed by atoms with van der Waals surface area (Å²) in [6.07, 6.45) is 0.596. The summed E-state index contributed by atoms with van der Waals surface area (Å²) >= 11 is 0. The molecule has 0 fully saturated rings. The first kappa shape index (κ1) is 18.9. The van der Waals surface area contributed by atoms with Gasteiger partial charge in [-0.05, 0) is 36.2 Å². The zero-order valence-electron chi connectivity index (χ0n) is 13.5. The number of hydrogen-bond acceptors (Lipinski definition) is 5. The minimum atomic E-state index is -3.49. The first-order valence-electron chi connectivity index (χ1n) is 7.70. The van der Waals surface area contributed by atoms with Crippen molar-refractivity contribution in [1.29, 1.82) is 0 Å². The molecule has 0 saturated heterocycles. The topological polar surface area (TPSA) is 105 Å². The van der Waals surface area contributed by atoms with Crippen LogP contribution in [0.4, 0.5) is 0 Å². The Hall–Kier alpha value is -2.42. The molecule has 25 heavy (non-hydrogen) atoms. The van der Waals surface area contributed by atoms with Crippen LogP contribution in [-0.4, -0.2) is 32.7 Å². The van der Waals surface area contributed by atoms with E-state index in [0.29, 0.717) is 18.8 Å². The molecule has 1 amide bonds. The van der Waals surface area contributed by atoms with Gasteiger partial charge in [0.2, 0.25) is 15.9 Å². The van der Waals surface area contributed by atoms with E-state index in [1.165, 1.54) is 12.1 Å².